The maximum atomic E-state index is 13.1. The van der Waals surface area contributed by atoms with Crippen LogP contribution < -0.4 is 19.5 Å². The molecule has 216 valence electrons. The van der Waals surface area contributed by atoms with Gasteiger partial charge in [0.25, 0.3) is 5.91 Å². The predicted octanol–water partition coefficient (Wildman–Crippen LogP) is 4.85. The topological polar surface area (TPSA) is 133 Å². The van der Waals surface area contributed by atoms with Gasteiger partial charge in [-0.25, -0.2) is 8.42 Å². The minimum absolute atomic E-state index is 0.113. The number of rotatable bonds is 11. The SMILES string of the molecule is CCOc1cc(-c2nnc(NC(=O)c3ccc(S(=O)(=O)N4CC(C)CC(C)C4)cc3)o2)cc(OCC)c1OCC. The third kappa shape index (κ3) is 6.56. The molecule has 0 bridgehead atoms. The van der Waals surface area contributed by atoms with E-state index >= 15 is 0 Å². The first-order chi connectivity index (χ1) is 19.2. The third-order valence-corrected chi connectivity index (χ3v) is 8.24. The molecule has 1 aliphatic heterocycles. The fourth-order valence-corrected chi connectivity index (χ4v) is 6.48. The summed E-state index contributed by atoms with van der Waals surface area (Å²) in [5.41, 5.74) is 0.775. The Labute approximate surface area is 234 Å². The summed E-state index contributed by atoms with van der Waals surface area (Å²) >= 11 is 0. The molecule has 11 nitrogen and oxygen atoms in total. The number of hydrogen-bond donors (Lipinski definition) is 1. The molecule has 1 amide bonds. The largest absolute Gasteiger partial charge is 0.490 e. The molecule has 1 aromatic heterocycles. The van der Waals surface area contributed by atoms with Crippen molar-refractivity contribution in [2.24, 2.45) is 11.8 Å². The van der Waals surface area contributed by atoms with E-state index in [-0.39, 0.29) is 22.4 Å². The molecule has 0 spiro atoms. The lowest BCUT2D eigenvalue weighted by atomic mass is 9.94. The number of amides is 1. The molecule has 2 unspecified atom stereocenters. The Morgan fingerprint density at radius 2 is 1.52 bits per heavy atom. The van der Waals surface area contributed by atoms with Crippen molar-refractivity contribution in [1.29, 1.82) is 0 Å². The summed E-state index contributed by atoms with van der Waals surface area (Å²) in [7, 11) is -3.65. The van der Waals surface area contributed by atoms with Gasteiger partial charge in [-0.2, -0.15) is 4.31 Å². The van der Waals surface area contributed by atoms with E-state index in [2.05, 4.69) is 29.4 Å². The van der Waals surface area contributed by atoms with Gasteiger partial charge in [0.2, 0.25) is 21.7 Å². The second-order valence-electron chi connectivity index (χ2n) is 9.76. The van der Waals surface area contributed by atoms with Gasteiger partial charge in [-0.1, -0.05) is 18.9 Å². The van der Waals surface area contributed by atoms with Gasteiger partial charge in [-0.3, -0.25) is 10.1 Å². The van der Waals surface area contributed by atoms with Crippen LogP contribution in [0.1, 0.15) is 51.4 Å². The lowest BCUT2D eigenvalue weighted by Crippen LogP contribution is -2.42. The highest BCUT2D eigenvalue weighted by molar-refractivity contribution is 7.89. The molecule has 40 heavy (non-hydrogen) atoms. The fraction of sp³-hybridized carbons (Fsp3) is 0.464. The maximum absolute atomic E-state index is 13.1. The van der Waals surface area contributed by atoms with Gasteiger partial charge in [0.05, 0.1) is 24.7 Å². The van der Waals surface area contributed by atoms with Crippen LogP contribution in [0.3, 0.4) is 0 Å². The van der Waals surface area contributed by atoms with Crippen molar-refractivity contribution < 1.29 is 31.8 Å². The number of hydrogen-bond acceptors (Lipinski definition) is 9. The molecule has 3 aromatic rings. The van der Waals surface area contributed by atoms with Crippen molar-refractivity contribution in [3.8, 4) is 28.7 Å². The smallest absolute Gasteiger partial charge is 0.322 e. The lowest BCUT2D eigenvalue weighted by molar-refractivity contribution is 0.102. The average Bonchev–Trinajstić information content (AvgIpc) is 3.38. The number of piperidine rings is 1. The summed E-state index contributed by atoms with van der Waals surface area (Å²) in [4.78, 5) is 13.0. The Kier molecular flexibility index (Phi) is 9.31. The summed E-state index contributed by atoms with van der Waals surface area (Å²) in [5, 5.41) is 10.6. The number of aromatic nitrogens is 2. The van der Waals surface area contributed by atoms with Crippen molar-refractivity contribution in [1.82, 2.24) is 14.5 Å². The van der Waals surface area contributed by atoms with Gasteiger partial charge in [0.15, 0.2) is 11.5 Å². The fourth-order valence-electron chi connectivity index (χ4n) is 4.80. The first-order valence-electron chi connectivity index (χ1n) is 13.5. The summed E-state index contributed by atoms with van der Waals surface area (Å²) < 4.78 is 50.7. The van der Waals surface area contributed by atoms with E-state index < -0.39 is 15.9 Å². The van der Waals surface area contributed by atoms with Crippen LogP contribution >= 0.6 is 0 Å². The summed E-state index contributed by atoms with van der Waals surface area (Å²) in [6.45, 7) is 11.9. The molecule has 12 heteroatoms. The van der Waals surface area contributed by atoms with Gasteiger partial charge in [-0.05, 0) is 75.4 Å². The van der Waals surface area contributed by atoms with Crippen molar-refractivity contribution in [2.45, 2.75) is 45.9 Å². The molecular weight excluding hydrogens is 536 g/mol. The minimum atomic E-state index is -3.65. The number of ether oxygens (including phenoxy) is 3. The normalized spacial score (nSPS) is 17.8. The zero-order chi connectivity index (χ0) is 28.9. The van der Waals surface area contributed by atoms with Crippen LogP contribution in [0, 0.1) is 11.8 Å². The Bertz CT molecular complexity index is 1390. The lowest BCUT2D eigenvalue weighted by Gasteiger charge is -2.34. The van der Waals surface area contributed by atoms with Crippen molar-refractivity contribution in [3.63, 3.8) is 0 Å². The second kappa shape index (κ2) is 12.7. The summed E-state index contributed by atoms with van der Waals surface area (Å²) in [6.07, 6.45) is 1.00. The molecule has 1 N–H and O–H groups in total. The van der Waals surface area contributed by atoms with Crippen LogP contribution in [0.2, 0.25) is 0 Å². The van der Waals surface area contributed by atoms with Crippen LogP contribution in [0.4, 0.5) is 6.01 Å². The summed E-state index contributed by atoms with van der Waals surface area (Å²) in [6, 6.07) is 9.11. The highest BCUT2D eigenvalue weighted by atomic mass is 32.2. The molecule has 1 saturated heterocycles. The quantitative estimate of drug-likeness (QED) is 0.342. The molecule has 0 aliphatic carbocycles. The number of nitrogens with one attached hydrogen (secondary N) is 1. The Hall–Kier alpha value is -3.64. The molecule has 0 radical (unpaired) electrons. The first kappa shape index (κ1) is 29.3. The van der Waals surface area contributed by atoms with Crippen LogP contribution in [0.5, 0.6) is 17.2 Å². The Balaban J connectivity index is 1.50. The second-order valence-corrected chi connectivity index (χ2v) is 11.7. The third-order valence-electron chi connectivity index (χ3n) is 6.39. The zero-order valence-corrected chi connectivity index (χ0v) is 24.3. The molecule has 4 rings (SSSR count). The van der Waals surface area contributed by atoms with E-state index in [1.165, 1.54) is 28.6 Å². The molecule has 2 heterocycles. The maximum Gasteiger partial charge on any atom is 0.322 e. The predicted molar refractivity (Wildman–Crippen MR) is 149 cm³/mol. The monoisotopic (exact) mass is 572 g/mol. The minimum Gasteiger partial charge on any atom is -0.490 e. The molecule has 1 fully saturated rings. The number of nitrogens with zero attached hydrogens (tertiary/aromatic N) is 3. The molecule has 2 aromatic carbocycles. The van der Waals surface area contributed by atoms with Crippen molar-refractivity contribution in [2.75, 3.05) is 38.2 Å². The number of benzene rings is 2. The van der Waals surface area contributed by atoms with E-state index in [0.717, 1.165) is 6.42 Å². The number of carbonyl (C=O) groups excluding carboxylic acids is 1. The van der Waals surface area contributed by atoms with Crippen LogP contribution in [-0.2, 0) is 10.0 Å². The van der Waals surface area contributed by atoms with E-state index in [1.807, 2.05) is 20.8 Å². The van der Waals surface area contributed by atoms with Gasteiger partial charge in [-0.15, -0.1) is 5.10 Å². The first-order valence-corrected chi connectivity index (χ1v) is 14.9. The Morgan fingerprint density at radius 1 is 0.950 bits per heavy atom. The average molecular weight is 573 g/mol. The van der Waals surface area contributed by atoms with Crippen molar-refractivity contribution >= 4 is 21.9 Å². The number of sulfonamides is 1. The highest BCUT2D eigenvalue weighted by Gasteiger charge is 2.31. The Morgan fingerprint density at radius 3 is 2.08 bits per heavy atom. The van der Waals surface area contributed by atoms with Crippen LogP contribution in [-0.4, -0.2) is 61.7 Å². The zero-order valence-electron chi connectivity index (χ0n) is 23.5. The van der Waals surface area contributed by atoms with E-state index in [1.54, 1.807) is 12.1 Å². The molecule has 0 saturated carbocycles. The molecule has 1 aliphatic rings. The van der Waals surface area contributed by atoms with E-state index in [9.17, 15) is 13.2 Å². The summed E-state index contributed by atoms with van der Waals surface area (Å²) in [5.74, 6) is 1.64. The van der Waals surface area contributed by atoms with E-state index in [0.29, 0.717) is 67.6 Å². The van der Waals surface area contributed by atoms with Crippen LogP contribution in [0.15, 0.2) is 45.7 Å². The van der Waals surface area contributed by atoms with Crippen LogP contribution in [0.25, 0.3) is 11.5 Å². The van der Waals surface area contributed by atoms with Gasteiger partial charge >= 0.3 is 6.01 Å². The van der Waals surface area contributed by atoms with Gasteiger partial charge in [0.1, 0.15) is 0 Å². The standard InChI is InChI=1S/C28H36N4O7S/c1-6-36-23-14-21(15-24(37-7-2)25(23)38-8-3)27-30-31-28(39-27)29-26(33)20-9-11-22(12-10-20)40(34,35)32-16-18(4)13-19(5)17-32/h9-12,14-15,18-19H,6-8,13,16-17H2,1-5H3,(H,29,31,33). The highest BCUT2D eigenvalue weighted by Crippen LogP contribution is 2.42. The van der Waals surface area contributed by atoms with Gasteiger partial charge in [0, 0.05) is 24.2 Å². The van der Waals surface area contributed by atoms with Gasteiger partial charge < -0.3 is 18.6 Å². The number of carbonyl (C=O) groups is 1. The van der Waals surface area contributed by atoms with Crippen molar-refractivity contribution in [3.05, 3.63) is 42.0 Å². The van der Waals surface area contributed by atoms with E-state index in [4.69, 9.17) is 18.6 Å². The number of anilines is 1. The molecular formula is C28H36N4O7S. The molecule has 2 atom stereocenters.